The van der Waals surface area contributed by atoms with Gasteiger partial charge in [0.2, 0.25) is 0 Å². The van der Waals surface area contributed by atoms with Crippen LogP contribution in [0.1, 0.15) is 34.8 Å². The summed E-state index contributed by atoms with van der Waals surface area (Å²) in [6.07, 6.45) is 0.205. The van der Waals surface area contributed by atoms with E-state index >= 15 is 0 Å². The first-order valence-corrected chi connectivity index (χ1v) is 10.2. The molecule has 1 heterocycles. The highest BCUT2D eigenvalue weighted by molar-refractivity contribution is 7.16. The summed E-state index contributed by atoms with van der Waals surface area (Å²) < 4.78 is 13.2. The van der Waals surface area contributed by atoms with E-state index in [2.05, 4.69) is 4.99 Å². The molecule has 2 aromatic carbocycles. The minimum atomic E-state index is -0.297. The fraction of sp³-hybridized carbons (Fsp3) is 0.318. The molecule has 0 atom stereocenters. The molecule has 0 bridgehead atoms. The zero-order valence-corrected chi connectivity index (χ0v) is 17.8. The molecule has 0 N–H and O–H groups in total. The highest BCUT2D eigenvalue weighted by Gasteiger charge is 2.13. The van der Waals surface area contributed by atoms with E-state index in [0.717, 1.165) is 27.1 Å². The van der Waals surface area contributed by atoms with Gasteiger partial charge in [-0.2, -0.15) is 4.99 Å². The Hall–Kier alpha value is -2.93. The molecule has 0 spiro atoms. The molecule has 1 amide bonds. The molecule has 0 fully saturated rings. The molecular weight excluding hydrogens is 388 g/mol. The van der Waals surface area contributed by atoms with E-state index in [-0.39, 0.29) is 18.3 Å². The number of amides is 1. The highest BCUT2D eigenvalue weighted by Crippen LogP contribution is 2.23. The number of ether oxygens (including phenoxy) is 2. The van der Waals surface area contributed by atoms with Crippen molar-refractivity contribution >= 4 is 33.4 Å². The van der Waals surface area contributed by atoms with Gasteiger partial charge in [0.25, 0.3) is 5.91 Å². The first-order chi connectivity index (χ1) is 13.9. The first-order valence-electron chi connectivity index (χ1n) is 9.42. The van der Waals surface area contributed by atoms with Crippen molar-refractivity contribution in [2.45, 2.75) is 33.7 Å². The SMILES string of the molecule is CCOC(=O)CCn1c(=NC(=O)c2cc(C)ccc2C)sc2cc(OC)ccc21. The zero-order valence-electron chi connectivity index (χ0n) is 17.0. The van der Waals surface area contributed by atoms with Crippen LogP contribution in [0.5, 0.6) is 5.75 Å². The molecule has 6 nitrogen and oxygen atoms in total. The molecule has 3 aromatic rings. The van der Waals surface area contributed by atoms with Crippen molar-refractivity contribution in [1.82, 2.24) is 4.57 Å². The van der Waals surface area contributed by atoms with Crippen LogP contribution < -0.4 is 9.54 Å². The number of aryl methyl sites for hydroxylation is 3. The number of hydrogen-bond donors (Lipinski definition) is 0. The van der Waals surface area contributed by atoms with E-state index in [0.29, 0.717) is 23.5 Å². The predicted octanol–water partition coefficient (Wildman–Crippen LogP) is 4.02. The summed E-state index contributed by atoms with van der Waals surface area (Å²) in [5, 5.41) is 0. The van der Waals surface area contributed by atoms with Crippen LogP contribution in [0.4, 0.5) is 0 Å². The van der Waals surface area contributed by atoms with Crippen LogP contribution in [-0.4, -0.2) is 30.2 Å². The Morgan fingerprint density at radius 1 is 1.14 bits per heavy atom. The second-order valence-electron chi connectivity index (χ2n) is 6.66. The molecular formula is C22H24N2O4S. The molecule has 0 aliphatic carbocycles. The molecule has 0 aliphatic heterocycles. The topological polar surface area (TPSA) is 69.9 Å². The molecule has 29 heavy (non-hydrogen) atoms. The average Bonchev–Trinajstić information content (AvgIpc) is 3.04. The molecule has 1 aromatic heterocycles. The molecule has 0 radical (unpaired) electrons. The van der Waals surface area contributed by atoms with Crippen molar-refractivity contribution in [2.24, 2.45) is 4.99 Å². The number of thiazole rings is 1. The zero-order chi connectivity index (χ0) is 21.0. The van der Waals surface area contributed by atoms with E-state index in [1.807, 2.05) is 54.8 Å². The second kappa shape index (κ2) is 9.05. The van der Waals surface area contributed by atoms with Crippen LogP contribution in [0.3, 0.4) is 0 Å². The van der Waals surface area contributed by atoms with Gasteiger partial charge in [0.05, 0.1) is 30.4 Å². The smallest absolute Gasteiger partial charge is 0.307 e. The number of fused-ring (bicyclic) bond motifs is 1. The Morgan fingerprint density at radius 2 is 1.93 bits per heavy atom. The standard InChI is InChI=1S/C22H24N2O4S/c1-5-28-20(25)10-11-24-18-9-8-16(27-4)13-19(18)29-22(24)23-21(26)17-12-14(2)6-7-15(17)3/h6-9,12-13H,5,10-11H2,1-4H3. The third kappa shape index (κ3) is 4.74. The van der Waals surface area contributed by atoms with Gasteiger partial charge in [-0.05, 0) is 50.6 Å². The Balaban J connectivity index is 2.07. The minimum Gasteiger partial charge on any atom is -0.497 e. The number of carbonyl (C=O) groups is 2. The van der Waals surface area contributed by atoms with Gasteiger partial charge in [-0.15, -0.1) is 0 Å². The summed E-state index contributed by atoms with van der Waals surface area (Å²) in [6, 6.07) is 11.4. The summed E-state index contributed by atoms with van der Waals surface area (Å²) in [5.74, 6) is 0.151. The molecule has 7 heteroatoms. The van der Waals surface area contributed by atoms with Gasteiger partial charge >= 0.3 is 5.97 Å². The predicted molar refractivity (Wildman–Crippen MR) is 113 cm³/mol. The van der Waals surface area contributed by atoms with Gasteiger partial charge in [0, 0.05) is 12.1 Å². The normalized spacial score (nSPS) is 11.7. The lowest BCUT2D eigenvalue weighted by Crippen LogP contribution is -2.19. The number of aromatic nitrogens is 1. The Morgan fingerprint density at radius 3 is 2.66 bits per heavy atom. The Bertz CT molecular complexity index is 1130. The maximum atomic E-state index is 12.9. The van der Waals surface area contributed by atoms with Crippen LogP contribution >= 0.6 is 11.3 Å². The monoisotopic (exact) mass is 412 g/mol. The maximum Gasteiger partial charge on any atom is 0.307 e. The lowest BCUT2D eigenvalue weighted by molar-refractivity contribution is -0.143. The molecule has 152 valence electrons. The van der Waals surface area contributed by atoms with Crippen molar-refractivity contribution in [3.63, 3.8) is 0 Å². The van der Waals surface area contributed by atoms with Crippen molar-refractivity contribution in [1.29, 1.82) is 0 Å². The molecule has 3 rings (SSSR count). The van der Waals surface area contributed by atoms with E-state index in [4.69, 9.17) is 9.47 Å². The van der Waals surface area contributed by atoms with Crippen LogP contribution in [-0.2, 0) is 16.1 Å². The maximum absolute atomic E-state index is 12.9. The number of hydrogen-bond acceptors (Lipinski definition) is 5. The van der Waals surface area contributed by atoms with Gasteiger partial charge < -0.3 is 14.0 Å². The number of rotatable bonds is 6. The number of carbonyl (C=O) groups excluding carboxylic acids is 2. The van der Waals surface area contributed by atoms with Gasteiger partial charge in [0.1, 0.15) is 5.75 Å². The van der Waals surface area contributed by atoms with Crippen molar-refractivity contribution in [3.05, 3.63) is 57.9 Å². The van der Waals surface area contributed by atoms with Crippen LogP contribution in [0.2, 0.25) is 0 Å². The van der Waals surface area contributed by atoms with Crippen LogP contribution in [0, 0.1) is 13.8 Å². The fourth-order valence-corrected chi connectivity index (χ4v) is 4.11. The van der Waals surface area contributed by atoms with Crippen molar-refractivity contribution in [3.8, 4) is 5.75 Å². The number of esters is 1. The summed E-state index contributed by atoms with van der Waals surface area (Å²) >= 11 is 1.39. The summed E-state index contributed by atoms with van der Waals surface area (Å²) in [5.41, 5.74) is 3.36. The van der Waals surface area contributed by atoms with Crippen molar-refractivity contribution < 1.29 is 19.1 Å². The lowest BCUT2D eigenvalue weighted by atomic mass is 10.1. The van der Waals surface area contributed by atoms with Crippen molar-refractivity contribution in [2.75, 3.05) is 13.7 Å². The summed E-state index contributed by atoms with van der Waals surface area (Å²) in [7, 11) is 1.61. The van der Waals surface area contributed by atoms with Crippen LogP contribution in [0.25, 0.3) is 10.2 Å². The quantitative estimate of drug-likeness (QED) is 0.574. The minimum absolute atomic E-state index is 0.205. The average molecular weight is 413 g/mol. The summed E-state index contributed by atoms with van der Waals surface area (Å²) in [6.45, 7) is 6.34. The number of benzene rings is 2. The molecule has 0 saturated carbocycles. The van der Waals surface area contributed by atoms with E-state index < -0.39 is 0 Å². The number of methoxy groups -OCH3 is 1. The Labute approximate surface area is 173 Å². The molecule has 0 unspecified atom stereocenters. The summed E-state index contributed by atoms with van der Waals surface area (Å²) in [4.78, 5) is 29.7. The van der Waals surface area contributed by atoms with Gasteiger partial charge in [-0.1, -0.05) is 29.0 Å². The van der Waals surface area contributed by atoms with E-state index in [9.17, 15) is 9.59 Å². The second-order valence-corrected chi connectivity index (χ2v) is 7.67. The molecule has 0 aliphatic rings. The molecule has 0 saturated heterocycles. The third-order valence-corrected chi connectivity index (χ3v) is 5.60. The van der Waals surface area contributed by atoms with Gasteiger partial charge in [-0.3, -0.25) is 9.59 Å². The third-order valence-electron chi connectivity index (χ3n) is 4.56. The largest absolute Gasteiger partial charge is 0.497 e. The lowest BCUT2D eigenvalue weighted by Gasteiger charge is -2.06. The Kier molecular flexibility index (Phi) is 6.49. The highest BCUT2D eigenvalue weighted by atomic mass is 32.1. The number of nitrogens with zero attached hydrogens (tertiary/aromatic N) is 2. The van der Waals surface area contributed by atoms with Crippen LogP contribution in [0.15, 0.2) is 41.4 Å². The van der Waals surface area contributed by atoms with Gasteiger partial charge in [-0.25, -0.2) is 0 Å². The van der Waals surface area contributed by atoms with Gasteiger partial charge in [0.15, 0.2) is 4.80 Å². The van der Waals surface area contributed by atoms with E-state index in [1.54, 1.807) is 14.0 Å². The van der Waals surface area contributed by atoms with E-state index in [1.165, 1.54) is 11.3 Å². The first kappa shape index (κ1) is 20.8. The fourth-order valence-electron chi connectivity index (χ4n) is 3.03.